The molecule has 13 heavy (non-hydrogen) atoms. The molecule has 0 aliphatic carbocycles. The maximum Gasteiger partial charge on any atom is 0.291 e. The molecule has 1 aliphatic rings. The number of nitrogens with one attached hydrogen (secondary N) is 1. The van der Waals surface area contributed by atoms with E-state index in [9.17, 15) is 14.0 Å². The largest absolute Gasteiger partial charge is 0.330 e. The molecular weight excluding hydrogens is 177 g/mol. The number of alkyl halides is 1. The Labute approximate surface area is 74.2 Å². The van der Waals surface area contributed by atoms with Crippen LogP contribution in [0.3, 0.4) is 0 Å². The summed E-state index contributed by atoms with van der Waals surface area (Å²) in [5.41, 5.74) is 5.29. The number of halogens is 1. The van der Waals surface area contributed by atoms with E-state index in [1.165, 1.54) is 0 Å². The van der Waals surface area contributed by atoms with Crippen molar-refractivity contribution in [3.05, 3.63) is 0 Å². The molecule has 0 aromatic carbocycles. The van der Waals surface area contributed by atoms with Gasteiger partial charge in [-0.3, -0.25) is 9.59 Å². The molecule has 0 spiro atoms. The summed E-state index contributed by atoms with van der Waals surface area (Å²) < 4.78 is 12.6. The topological polar surface area (TPSA) is 84.5 Å². The monoisotopic (exact) mass is 187 g/mol. The van der Waals surface area contributed by atoms with Crippen LogP contribution >= 0.6 is 0 Å². The van der Waals surface area contributed by atoms with E-state index in [-0.39, 0.29) is 18.3 Å². The third-order valence-corrected chi connectivity index (χ3v) is 1.75. The fourth-order valence-corrected chi connectivity index (χ4v) is 0.850. The Morgan fingerprint density at radius 1 is 1.69 bits per heavy atom. The van der Waals surface area contributed by atoms with E-state index < -0.39 is 18.0 Å². The fourth-order valence-electron chi connectivity index (χ4n) is 0.850. The van der Waals surface area contributed by atoms with Gasteiger partial charge in [-0.05, 0) is 0 Å². The molecular formula is C7H10FN3O2. The second-order valence-corrected chi connectivity index (χ2v) is 2.82. The third kappa shape index (κ3) is 1.89. The van der Waals surface area contributed by atoms with Gasteiger partial charge < -0.3 is 11.1 Å². The summed E-state index contributed by atoms with van der Waals surface area (Å²) in [5.74, 6) is -2.12. The SMILES string of the molecule is CC(CN)C1=NC(=O)C(F)C(=O)N1. The fraction of sp³-hybridized carbons (Fsp3) is 0.571. The summed E-state index contributed by atoms with van der Waals surface area (Å²) in [6.07, 6.45) is -2.17. The molecule has 1 heterocycles. The maximum atomic E-state index is 12.6. The summed E-state index contributed by atoms with van der Waals surface area (Å²) in [6.45, 7) is 1.92. The van der Waals surface area contributed by atoms with Crippen molar-refractivity contribution < 1.29 is 14.0 Å². The maximum absolute atomic E-state index is 12.6. The minimum absolute atomic E-state index is 0.145. The standard InChI is InChI=1S/C7H10FN3O2/c1-3(2-9)5-10-6(12)4(8)7(13)11-5/h3-4H,2,9H2,1H3,(H,10,11,12,13). The molecule has 2 amide bonds. The summed E-state index contributed by atoms with van der Waals surface area (Å²) in [7, 11) is 0. The normalized spacial score (nSPS) is 25.2. The van der Waals surface area contributed by atoms with Crippen molar-refractivity contribution >= 4 is 17.6 Å². The molecule has 1 rings (SSSR count). The second kappa shape index (κ2) is 3.61. The molecule has 6 heteroatoms. The quantitative estimate of drug-likeness (QED) is 0.542. The second-order valence-electron chi connectivity index (χ2n) is 2.82. The molecule has 0 radical (unpaired) electrons. The highest BCUT2D eigenvalue weighted by Gasteiger charge is 2.32. The van der Waals surface area contributed by atoms with Crippen LogP contribution in [0.25, 0.3) is 0 Å². The molecule has 3 N–H and O–H groups in total. The number of rotatable bonds is 2. The highest BCUT2D eigenvalue weighted by atomic mass is 19.1. The van der Waals surface area contributed by atoms with Crippen LogP contribution in [0.15, 0.2) is 4.99 Å². The number of amidine groups is 1. The van der Waals surface area contributed by atoms with Gasteiger partial charge in [-0.2, -0.15) is 4.99 Å². The van der Waals surface area contributed by atoms with Crippen LogP contribution in [0, 0.1) is 5.92 Å². The first kappa shape index (κ1) is 9.79. The van der Waals surface area contributed by atoms with Gasteiger partial charge >= 0.3 is 0 Å². The average Bonchev–Trinajstić information content (AvgIpc) is 2.12. The van der Waals surface area contributed by atoms with Gasteiger partial charge in [0.05, 0.1) is 0 Å². The van der Waals surface area contributed by atoms with E-state index in [2.05, 4.69) is 10.3 Å². The van der Waals surface area contributed by atoms with Gasteiger partial charge in [-0.15, -0.1) is 0 Å². The number of nitrogens with two attached hydrogens (primary N) is 1. The van der Waals surface area contributed by atoms with Gasteiger partial charge in [-0.25, -0.2) is 4.39 Å². The first-order valence-electron chi connectivity index (χ1n) is 3.83. The van der Waals surface area contributed by atoms with E-state index in [1.54, 1.807) is 6.92 Å². The van der Waals surface area contributed by atoms with Crippen molar-refractivity contribution in [3.8, 4) is 0 Å². The molecule has 2 atom stereocenters. The van der Waals surface area contributed by atoms with Crippen LogP contribution in [0.2, 0.25) is 0 Å². The molecule has 0 fully saturated rings. The first-order valence-corrected chi connectivity index (χ1v) is 3.83. The van der Waals surface area contributed by atoms with Crippen molar-refractivity contribution in [1.29, 1.82) is 0 Å². The van der Waals surface area contributed by atoms with Crippen molar-refractivity contribution in [2.75, 3.05) is 6.54 Å². The summed E-state index contributed by atoms with van der Waals surface area (Å²) in [5, 5.41) is 2.18. The molecule has 0 saturated carbocycles. The zero-order valence-electron chi connectivity index (χ0n) is 7.08. The molecule has 0 aromatic heterocycles. The average molecular weight is 187 g/mol. The summed E-state index contributed by atoms with van der Waals surface area (Å²) in [6, 6.07) is 0. The Kier molecular flexibility index (Phi) is 2.72. The lowest BCUT2D eigenvalue weighted by molar-refractivity contribution is -0.134. The minimum atomic E-state index is -2.17. The molecule has 0 aromatic rings. The third-order valence-electron chi connectivity index (χ3n) is 1.75. The van der Waals surface area contributed by atoms with Crippen LogP contribution in [0.4, 0.5) is 4.39 Å². The van der Waals surface area contributed by atoms with Crippen LogP contribution in [0.5, 0.6) is 0 Å². The van der Waals surface area contributed by atoms with E-state index >= 15 is 0 Å². The molecule has 2 unspecified atom stereocenters. The molecule has 5 nitrogen and oxygen atoms in total. The smallest absolute Gasteiger partial charge is 0.291 e. The number of nitrogens with zero attached hydrogens (tertiary/aromatic N) is 1. The van der Waals surface area contributed by atoms with Crippen LogP contribution in [-0.4, -0.2) is 30.4 Å². The lowest BCUT2D eigenvalue weighted by Crippen LogP contribution is -2.48. The predicted octanol–water partition coefficient (Wildman–Crippen LogP) is -1.03. The minimum Gasteiger partial charge on any atom is -0.330 e. The molecule has 72 valence electrons. The Morgan fingerprint density at radius 2 is 2.31 bits per heavy atom. The zero-order chi connectivity index (χ0) is 10.0. The lowest BCUT2D eigenvalue weighted by atomic mass is 10.1. The number of hydrogen-bond acceptors (Lipinski definition) is 3. The number of aliphatic imine (C=N–C) groups is 1. The van der Waals surface area contributed by atoms with Gasteiger partial charge in [-0.1, -0.05) is 6.92 Å². The summed E-state index contributed by atoms with van der Waals surface area (Å²) >= 11 is 0. The van der Waals surface area contributed by atoms with Gasteiger partial charge in [0.1, 0.15) is 5.84 Å². The lowest BCUT2D eigenvalue weighted by Gasteiger charge is -2.18. The van der Waals surface area contributed by atoms with Crippen molar-refractivity contribution in [1.82, 2.24) is 5.32 Å². The Hall–Kier alpha value is -1.30. The van der Waals surface area contributed by atoms with Gasteiger partial charge in [0.25, 0.3) is 18.0 Å². The highest BCUT2D eigenvalue weighted by Crippen LogP contribution is 2.05. The zero-order valence-corrected chi connectivity index (χ0v) is 7.08. The number of carbonyl (C=O) groups is 2. The van der Waals surface area contributed by atoms with Crippen LogP contribution in [-0.2, 0) is 9.59 Å². The number of amides is 2. The molecule has 0 bridgehead atoms. The van der Waals surface area contributed by atoms with Gasteiger partial charge in [0, 0.05) is 12.5 Å². The van der Waals surface area contributed by atoms with Crippen LogP contribution in [0.1, 0.15) is 6.92 Å². The Balaban J connectivity index is 2.85. The van der Waals surface area contributed by atoms with Gasteiger partial charge in [0.15, 0.2) is 0 Å². The molecule has 0 saturated heterocycles. The van der Waals surface area contributed by atoms with Crippen molar-refractivity contribution in [2.24, 2.45) is 16.6 Å². The first-order chi connectivity index (χ1) is 6.06. The van der Waals surface area contributed by atoms with Crippen molar-refractivity contribution in [3.63, 3.8) is 0 Å². The summed E-state index contributed by atoms with van der Waals surface area (Å²) in [4.78, 5) is 25.0. The number of hydrogen-bond donors (Lipinski definition) is 2. The number of carbonyl (C=O) groups excluding carboxylic acids is 2. The Morgan fingerprint density at radius 3 is 2.77 bits per heavy atom. The Bertz CT molecular complexity index is 277. The van der Waals surface area contributed by atoms with E-state index in [1.807, 2.05) is 0 Å². The van der Waals surface area contributed by atoms with E-state index in [4.69, 9.17) is 5.73 Å². The highest BCUT2D eigenvalue weighted by molar-refractivity contribution is 6.18. The van der Waals surface area contributed by atoms with Crippen LogP contribution < -0.4 is 11.1 Å². The van der Waals surface area contributed by atoms with Crippen molar-refractivity contribution in [2.45, 2.75) is 13.1 Å². The van der Waals surface area contributed by atoms with E-state index in [0.717, 1.165) is 0 Å². The predicted molar refractivity (Wildman–Crippen MR) is 43.7 cm³/mol. The molecule has 1 aliphatic heterocycles. The van der Waals surface area contributed by atoms with E-state index in [0.29, 0.717) is 0 Å². The van der Waals surface area contributed by atoms with Gasteiger partial charge in [0.2, 0.25) is 0 Å².